The van der Waals surface area contributed by atoms with Crippen LogP contribution in [0.1, 0.15) is 40.0 Å². The molecule has 3 rings (SSSR count). The summed E-state index contributed by atoms with van der Waals surface area (Å²) in [6.07, 6.45) is 4.63. The van der Waals surface area contributed by atoms with Gasteiger partial charge in [-0.2, -0.15) is 0 Å². The van der Waals surface area contributed by atoms with Crippen molar-refractivity contribution in [3.05, 3.63) is 0 Å². The topological polar surface area (TPSA) is 0 Å². The molecule has 3 aliphatic carbocycles. The van der Waals surface area contributed by atoms with E-state index >= 15 is 0 Å². The molecule has 56 valence electrons. The quantitative estimate of drug-likeness (QED) is 0.480. The van der Waals surface area contributed by atoms with Crippen molar-refractivity contribution >= 4 is 0 Å². The van der Waals surface area contributed by atoms with Crippen molar-refractivity contribution in [1.29, 1.82) is 0 Å². The first-order valence-corrected chi connectivity index (χ1v) is 4.50. The molecule has 3 atom stereocenters. The van der Waals surface area contributed by atoms with Crippen molar-refractivity contribution in [3.63, 3.8) is 0 Å². The molecule has 10 heavy (non-hydrogen) atoms. The summed E-state index contributed by atoms with van der Waals surface area (Å²) >= 11 is 0. The van der Waals surface area contributed by atoms with Crippen LogP contribution in [0.25, 0.3) is 0 Å². The summed E-state index contributed by atoms with van der Waals surface area (Å²) in [6.45, 7) is 7.43. The second-order valence-electron chi connectivity index (χ2n) is 5.82. The van der Waals surface area contributed by atoms with E-state index in [1.807, 2.05) is 0 Å². The van der Waals surface area contributed by atoms with Gasteiger partial charge in [0.2, 0.25) is 0 Å². The van der Waals surface area contributed by atoms with E-state index in [9.17, 15) is 0 Å². The molecule has 3 saturated carbocycles. The lowest BCUT2D eigenvalue weighted by atomic mass is 9.82. The van der Waals surface area contributed by atoms with Gasteiger partial charge in [0.15, 0.2) is 0 Å². The second kappa shape index (κ2) is 1.00. The summed E-state index contributed by atoms with van der Waals surface area (Å²) in [5.41, 5.74) is 2.41. The van der Waals surface area contributed by atoms with E-state index in [1.165, 1.54) is 6.42 Å². The van der Waals surface area contributed by atoms with Gasteiger partial charge in [-0.25, -0.2) is 0 Å². The van der Waals surface area contributed by atoms with Crippen LogP contribution < -0.4 is 0 Å². The third-order valence-electron chi connectivity index (χ3n) is 4.65. The predicted molar refractivity (Wildman–Crippen MR) is 41.7 cm³/mol. The van der Waals surface area contributed by atoms with Gasteiger partial charge in [0.1, 0.15) is 0 Å². The molecule has 0 heteroatoms. The zero-order valence-corrected chi connectivity index (χ0v) is 7.20. The Balaban J connectivity index is 2.05. The summed E-state index contributed by atoms with van der Waals surface area (Å²) < 4.78 is 0. The van der Waals surface area contributed by atoms with Crippen molar-refractivity contribution in [1.82, 2.24) is 0 Å². The van der Waals surface area contributed by atoms with Gasteiger partial charge in [0, 0.05) is 0 Å². The maximum absolute atomic E-state index is 2.50. The average molecular weight is 136 g/mol. The minimum absolute atomic E-state index is 0.701. The number of hydrogen-bond acceptors (Lipinski definition) is 0. The van der Waals surface area contributed by atoms with E-state index < -0.39 is 0 Å². The third-order valence-corrected chi connectivity index (χ3v) is 4.65. The maximum Gasteiger partial charge on any atom is -0.0201 e. The third kappa shape index (κ3) is 0.339. The summed E-state index contributed by atoms with van der Waals surface area (Å²) in [7, 11) is 0. The highest BCUT2D eigenvalue weighted by Gasteiger charge is 2.84. The van der Waals surface area contributed by atoms with Gasteiger partial charge < -0.3 is 0 Å². The molecule has 3 aliphatic rings. The SMILES string of the molecule is CC1(C)CC2(C)CC23CC13. The first-order chi connectivity index (χ1) is 4.50. The number of rotatable bonds is 0. The highest BCUT2D eigenvalue weighted by atomic mass is 14.9. The van der Waals surface area contributed by atoms with E-state index in [1.54, 1.807) is 12.8 Å². The first-order valence-electron chi connectivity index (χ1n) is 4.50. The van der Waals surface area contributed by atoms with E-state index in [-0.39, 0.29) is 0 Å². The zero-order chi connectivity index (χ0) is 7.20. The van der Waals surface area contributed by atoms with E-state index in [0.29, 0.717) is 5.41 Å². The molecular weight excluding hydrogens is 120 g/mol. The van der Waals surface area contributed by atoms with Crippen LogP contribution in [0.15, 0.2) is 0 Å². The molecule has 0 N–H and O–H groups in total. The molecule has 0 bridgehead atoms. The Hall–Kier alpha value is 0. The molecule has 0 heterocycles. The van der Waals surface area contributed by atoms with Gasteiger partial charge in [0.25, 0.3) is 0 Å². The molecule has 0 amide bonds. The fraction of sp³-hybridized carbons (Fsp3) is 1.00. The van der Waals surface area contributed by atoms with E-state index in [2.05, 4.69) is 20.8 Å². The van der Waals surface area contributed by atoms with E-state index in [4.69, 9.17) is 0 Å². The van der Waals surface area contributed by atoms with Crippen molar-refractivity contribution in [3.8, 4) is 0 Å². The molecule has 0 saturated heterocycles. The molecule has 0 aromatic carbocycles. The van der Waals surface area contributed by atoms with Gasteiger partial charge in [-0.3, -0.25) is 0 Å². The summed E-state index contributed by atoms with van der Waals surface area (Å²) in [4.78, 5) is 0. The van der Waals surface area contributed by atoms with Gasteiger partial charge in [0.05, 0.1) is 0 Å². The minimum atomic E-state index is 0.701. The Morgan fingerprint density at radius 2 is 1.80 bits per heavy atom. The molecule has 3 fully saturated rings. The van der Waals surface area contributed by atoms with Crippen molar-refractivity contribution in [2.45, 2.75) is 40.0 Å². The van der Waals surface area contributed by atoms with Crippen LogP contribution in [-0.4, -0.2) is 0 Å². The summed E-state index contributed by atoms with van der Waals surface area (Å²) in [6, 6.07) is 0. The lowest BCUT2D eigenvalue weighted by Crippen LogP contribution is -2.14. The van der Waals surface area contributed by atoms with Crippen LogP contribution in [0.4, 0.5) is 0 Å². The van der Waals surface area contributed by atoms with Gasteiger partial charge in [-0.1, -0.05) is 20.8 Å². The van der Waals surface area contributed by atoms with Gasteiger partial charge in [-0.15, -0.1) is 0 Å². The highest BCUT2D eigenvalue weighted by molar-refractivity contribution is 5.33. The minimum Gasteiger partial charge on any atom is -0.0596 e. The lowest BCUT2D eigenvalue weighted by Gasteiger charge is -2.23. The Labute approximate surface area is 63.0 Å². The van der Waals surface area contributed by atoms with Crippen LogP contribution in [0, 0.1) is 22.2 Å². The Morgan fingerprint density at radius 3 is 2.00 bits per heavy atom. The highest BCUT2D eigenvalue weighted by Crippen LogP contribution is 2.92. The Bertz CT molecular complexity index is 209. The van der Waals surface area contributed by atoms with Crippen LogP contribution in [0.2, 0.25) is 0 Å². The zero-order valence-electron chi connectivity index (χ0n) is 7.20. The number of hydrogen-bond donors (Lipinski definition) is 0. The molecule has 0 aromatic heterocycles. The van der Waals surface area contributed by atoms with Crippen LogP contribution >= 0.6 is 0 Å². The molecule has 0 radical (unpaired) electrons. The Morgan fingerprint density at radius 1 is 1.10 bits per heavy atom. The summed E-state index contributed by atoms with van der Waals surface area (Å²) in [5, 5.41) is 0. The molecule has 3 unspecified atom stereocenters. The molecule has 0 aromatic rings. The molecule has 1 spiro atoms. The van der Waals surface area contributed by atoms with Crippen molar-refractivity contribution < 1.29 is 0 Å². The molecule has 0 aliphatic heterocycles. The average Bonchev–Trinajstić information content (AvgIpc) is 2.46. The van der Waals surface area contributed by atoms with Crippen LogP contribution in [-0.2, 0) is 0 Å². The van der Waals surface area contributed by atoms with Crippen LogP contribution in [0.3, 0.4) is 0 Å². The maximum atomic E-state index is 2.50. The van der Waals surface area contributed by atoms with Crippen LogP contribution in [0.5, 0.6) is 0 Å². The first kappa shape index (κ1) is 5.62. The predicted octanol–water partition coefficient (Wildman–Crippen LogP) is 2.83. The molecule has 0 nitrogen and oxygen atoms in total. The van der Waals surface area contributed by atoms with Crippen molar-refractivity contribution in [2.75, 3.05) is 0 Å². The standard InChI is InChI=1S/C10H16/c1-8(2)5-9(3)6-10(9)4-7(8)10/h7H,4-6H2,1-3H3. The second-order valence-corrected chi connectivity index (χ2v) is 5.82. The lowest BCUT2D eigenvalue weighted by molar-refractivity contribution is 0.268. The summed E-state index contributed by atoms with van der Waals surface area (Å²) in [5.74, 6) is 1.12. The fourth-order valence-corrected chi connectivity index (χ4v) is 4.21. The smallest absolute Gasteiger partial charge is 0.0201 e. The normalized spacial score (nSPS) is 66.9. The monoisotopic (exact) mass is 136 g/mol. The molecular formula is C10H16. The van der Waals surface area contributed by atoms with E-state index in [0.717, 1.165) is 16.7 Å². The fourth-order valence-electron chi connectivity index (χ4n) is 4.21. The van der Waals surface area contributed by atoms with Gasteiger partial charge >= 0.3 is 0 Å². The van der Waals surface area contributed by atoms with Gasteiger partial charge in [-0.05, 0) is 41.4 Å². The Kier molecular flexibility index (Phi) is 0.562. The largest absolute Gasteiger partial charge is 0.0596 e. The van der Waals surface area contributed by atoms with Crippen molar-refractivity contribution in [2.24, 2.45) is 22.2 Å².